The van der Waals surface area contributed by atoms with Gasteiger partial charge >= 0.3 is 0 Å². The largest absolute Gasteiger partial charge is 0.339 e. The normalized spacial score (nSPS) is 19.6. The van der Waals surface area contributed by atoms with E-state index in [1.54, 1.807) is 0 Å². The van der Waals surface area contributed by atoms with Crippen LogP contribution in [0.4, 0.5) is 0 Å². The lowest BCUT2D eigenvalue weighted by Gasteiger charge is -2.34. The van der Waals surface area contributed by atoms with Crippen molar-refractivity contribution in [3.05, 3.63) is 20.8 Å². The second kappa shape index (κ2) is 5.25. The summed E-state index contributed by atoms with van der Waals surface area (Å²) in [5, 5.41) is 1.91. The molecule has 2 aliphatic rings. The Labute approximate surface area is 124 Å². The predicted molar refractivity (Wildman–Crippen MR) is 77.2 cm³/mol. The van der Waals surface area contributed by atoms with Crippen LogP contribution in [0.5, 0.6) is 0 Å². The van der Waals surface area contributed by atoms with E-state index in [1.807, 2.05) is 21.2 Å². The maximum atomic E-state index is 12.3. The van der Waals surface area contributed by atoms with Gasteiger partial charge in [-0.15, -0.1) is 11.3 Å². The molecule has 0 aromatic carbocycles. The minimum atomic E-state index is 0.0698. The first-order valence-corrected chi connectivity index (χ1v) is 8.15. The van der Waals surface area contributed by atoms with Gasteiger partial charge < -0.3 is 9.80 Å². The van der Waals surface area contributed by atoms with Gasteiger partial charge in [-0.05, 0) is 40.2 Å². The number of carbonyl (C=O) groups is 2. The monoisotopic (exact) mass is 342 g/mol. The van der Waals surface area contributed by atoms with Gasteiger partial charge in [0.05, 0.1) is 0 Å². The fraction of sp³-hybridized carbons (Fsp3) is 0.538. The first-order chi connectivity index (χ1) is 9.16. The van der Waals surface area contributed by atoms with Gasteiger partial charge in [0.25, 0.3) is 5.91 Å². The highest BCUT2D eigenvalue weighted by Crippen LogP contribution is 2.31. The van der Waals surface area contributed by atoms with Crippen LogP contribution >= 0.6 is 27.3 Å². The van der Waals surface area contributed by atoms with Gasteiger partial charge in [0.1, 0.15) is 4.88 Å². The molecule has 0 spiro atoms. The van der Waals surface area contributed by atoms with E-state index in [2.05, 4.69) is 15.9 Å². The van der Waals surface area contributed by atoms with Crippen molar-refractivity contribution in [1.82, 2.24) is 9.80 Å². The highest BCUT2D eigenvalue weighted by molar-refractivity contribution is 9.10. The number of halogens is 1. The summed E-state index contributed by atoms with van der Waals surface area (Å²) >= 11 is 4.85. The van der Waals surface area contributed by atoms with Gasteiger partial charge in [-0.2, -0.15) is 0 Å². The van der Waals surface area contributed by atoms with Crippen molar-refractivity contribution >= 4 is 39.1 Å². The molecule has 2 amide bonds. The third kappa shape index (κ3) is 2.69. The van der Waals surface area contributed by atoms with Gasteiger partial charge in [-0.25, -0.2) is 0 Å². The van der Waals surface area contributed by atoms with Crippen LogP contribution in [-0.2, 0) is 4.79 Å². The van der Waals surface area contributed by atoms with Gasteiger partial charge in [0, 0.05) is 36.6 Å². The molecular formula is C13H15BrN2O2S. The second-order valence-corrected chi connectivity index (χ2v) is 6.76. The molecule has 0 bridgehead atoms. The number of carbonyl (C=O) groups excluding carboxylic acids is 2. The first kappa shape index (κ1) is 13.1. The van der Waals surface area contributed by atoms with Gasteiger partial charge in [0.2, 0.25) is 5.91 Å². The maximum Gasteiger partial charge on any atom is 0.265 e. The molecule has 102 valence electrons. The first-order valence-electron chi connectivity index (χ1n) is 6.48. The molecule has 6 heteroatoms. The Morgan fingerprint density at radius 3 is 2.32 bits per heavy atom. The highest BCUT2D eigenvalue weighted by atomic mass is 79.9. The van der Waals surface area contributed by atoms with Gasteiger partial charge in [0.15, 0.2) is 0 Å². The molecule has 2 heterocycles. The Bertz CT molecular complexity index is 504. The third-order valence-corrected chi connectivity index (χ3v) is 5.44. The Morgan fingerprint density at radius 2 is 1.79 bits per heavy atom. The van der Waals surface area contributed by atoms with E-state index in [1.165, 1.54) is 11.3 Å². The SMILES string of the molecule is O=C(c1sccc1Br)N1CCN(C(=O)C2CC2)CC1. The standard InChI is InChI=1S/C13H15BrN2O2S/c14-10-3-8-19-11(10)13(18)16-6-4-15(5-7-16)12(17)9-1-2-9/h3,8-9H,1-2,4-7H2. The van der Waals surface area contributed by atoms with E-state index >= 15 is 0 Å². The zero-order valence-corrected chi connectivity index (χ0v) is 12.9. The summed E-state index contributed by atoms with van der Waals surface area (Å²) in [6.07, 6.45) is 2.08. The van der Waals surface area contributed by atoms with E-state index in [4.69, 9.17) is 0 Å². The van der Waals surface area contributed by atoms with E-state index in [0.717, 1.165) is 22.2 Å². The number of amides is 2. The Kier molecular flexibility index (Phi) is 3.62. The summed E-state index contributed by atoms with van der Waals surface area (Å²) in [5.74, 6) is 0.624. The summed E-state index contributed by atoms with van der Waals surface area (Å²) in [5.41, 5.74) is 0. The van der Waals surface area contributed by atoms with Crippen molar-refractivity contribution in [3.8, 4) is 0 Å². The van der Waals surface area contributed by atoms with Crippen LogP contribution in [0.2, 0.25) is 0 Å². The van der Waals surface area contributed by atoms with Crippen molar-refractivity contribution in [3.63, 3.8) is 0 Å². The molecule has 1 saturated heterocycles. The summed E-state index contributed by atoms with van der Waals surface area (Å²) in [6.45, 7) is 2.62. The smallest absolute Gasteiger partial charge is 0.265 e. The van der Waals surface area contributed by atoms with Crippen LogP contribution < -0.4 is 0 Å². The summed E-state index contributed by atoms with van der Waals surface area (Å²) < 4.78 is 0.860. The number of hydrogen-bond donors (Lipinski definition) is 0. The quantitative estimate of drug-likeness (QED) is 0.826. The molecule has 2 fully saturated rings. The van der Waals surface area contributed by atoms with E-state index < -0.39 is 0 Å². The summed E-state index contributed by atoms with van der Waals surface area (Å²) in [4.78, 5) is 28.7. The minimum absolute atomic E-state index is 0.0698. The molecule has 3 rings (SSSR count). The molecule has 1 aromatic heterocycles. The van der Waals surface area contributed by atoms with Gasteiger partial charge in [-0.3, -0.25) is 9.59 Å². The lowest BCUT2D eigenvalue weighted by atomic mass is 10.2. The van der Waals surface area contributed by atoms with Crippen molar-refractivity contribution in [1.29, 1.82) is 0 Å². The zero-order chi connectivity index (χ0) is 13.4. The van der Waals surface area contributed by atoms with Crippen molar-refractivity contribution in [2.45, 2.75) is 12.8 Å². The lowest BCUT2D eigenvalue weighted by molar-refractivity contribution is -0.134. The van der Waals surface area contributed by atoms with Gasteiger partial charge in [-0.1, -0.05) is 0 Å². The highest BCUT2D eigenvalue weighted by Gasteiger charge is 2.35. The number of piperazine rings is 1. The lowest BCUT2D eigenvalue weighted by Crippen LogP contribution is -2.50. The van der Waals surface area contributed by atoms with Crippen LogP contribution in [-0.4, -0.2) is 47.8 Å². The average Bonchev–Trinajstić information content (AvgIpc) is 3.20. The fourth-order valence-electron chi connectivity index (χ4n) is 2.31. The molecule has 1 aromatic rings. The topological polar surface area (TPSA) is 40.6 Å². The predicted octanol–water partition coefficient (Wildman–Crippen LogP) is 2.21. The average molecular weight is 343 g/mol. The van der Waals surface area contributed by atoms with E-state index in [0.29, 0.717) is 26.2 Å². The minimum Gasteiger partial charge on any atom is -0.339 e. The summed E-state index contributed by atoms with van der Waals surface area (Å²) in [6, 6.07) is 1.89. The van der Waals surface area contributed by atoms with Crippen molar-refractivity contribution < 1.29 is 9.59 Å². The molecule has 0 N–H and O–H groups in total. The number of thiophene rings is 1. The molecular weight excluding hydrogens is 328 g/mol. The Morgan fingerprint density at radius 1 is 1.16 bits per heavy atom. The maximum absolute atomic E-state index is 12.3. The van der Waals surface area contributed by atoms with E-state index in [9.17, 15) is 9.59 Å². The molecule has 1 saturated carbocycles. The number of rotatable bonds is 2. The molecule has 1 aliphatic carbocycles. The zero-order valence-electron chi connectivity index (χ0n) is 10.5. The van der Waals surface area contributed by atoms with Crippen LogP contribution in [0, 0.1) is 5.92 Å². The van der Waals surface area contributed by atoms with E-state index in [-0.39, 0.29) is 17.7 Å². The summed E-state index contributed by atoms with van der Waals surface area (Å²) in [7, 11) is 0. The van der Waals surface area contributed by atoms with Crippen LogP contribution in [0.1, 0.15) is 22.5 Å². The van der Waals surface area contributed by atoms with Crippen LogP contribution in [0.25, 0.3) is 0 Å². The van der Waals surface area contributed by atoms with Crippen molar-refractivity contribution in [2.75, 3.05) is 26.2 Å². The number of nitrogens with zero attached hydrogens (tertiary/aromatic N) is 2. The third-order valence-electron chi connectivity index (χ3n) is 3.62. The molecule has 0 radical (unpaired) electrons. The molecule has 19 heavy (non-hydrogen) atoms. The molecule has 0 unspecified atom stereocenters. The van der Waals surface area contributed by atoms with Crippen LogP contribution in [0.3, 0.4) is 0 Å². The Balaban J connectivity index is 1.59. The molecule has 1 aliphatic heterocycles. The van der Waals surface area contributed by atoms with Crippen molar-refractivity contribution in [2.24, 2.45) is 5.92 Å². The molecule has 0 atom stereocenters. The Hall–Kier alpha value is -0.880. The van der Waals surface area contributed by atoms with Crippen LogP contribution in [0.15, 0.2) is 15.9 Å². The fourth-order valence-corrected chi connectivity index (χ4v) is 3.82. The molecule has 4 nitrogen and oxygen atoms in total. The second-order valence-electron chi connectivity index (χ2n) is 4.99. The number of hydrogen-bond acceptors (Lipinski definition) is 3.